The number of rotatable bonds is 5. The minimum Gasteiger partial charge on any atom is -0.326 e. The van der Waals surface area contributed by atoms with E-state index in [-0.39, 0.29) is 10.9 Å². The first-order chi connectivity index (χ1) is 9.96. The van der Waals surface area contributed by atoms with Crippen LogP contribution in [-0.4, -0.2) is 26.0 Å². The van der Waals surface area contributed by atoms with Crippen LogP contribution >= 0.6 is 23.4 Å². The van der Waals surface area contributed by atoms with Crippen LogP contribution in [0.2, 0.25) is 5.02 Å². The third-order valence-electron chi connectivity index (χ3n) is 3.88. The maximum absolute atomic E-state index is 12.4. The molecule has 0 unspecified atom stereocenters. The lowest BCUT2D eigenvalue weighted by Crippen LogP contribution is -2.38. The van der Waals surface area contributed by atoms with Crippen LogP contribution in [0.5, 0.6) is 0 Å². The van der Waals surface area contributed by atoms with Gasteiger partial charge in [0.15, 0.2) is 0 Å². The number of thioether (sulfide) groups is 1. The summed E-state index contributed by atoms with van der Waals surface area (Å²) in [6, 6.07) is 4.72. The Balaban J connectivity index is 2.07. The van der Waals surface area contributed by atoms with E-state index in [0.717, 1.165) is 31.2 Å². The van der Waals surface area contributed by atoms with Crippen molar-refractivity contribution in [2.75, 3.05) is 6.26 Å². The maximum Gasteiger partial charge on any atom is 0.240 e. The summed E-state index contributed by atoms with van der Waals surface area (Å²) in [6.45, 7) is 0.297. The molecule has 7 heteroatoms. The molecule has 1 aromatic rings. The van der Waals surface area contributed by atoms with Crippen molar-refractivity contribution in [1.82, 2.24) is 4.72 Å². The van der Waals surface area contributed by atoms with Crippen LogP contribution in [0.25, 0.3) is 0 Å². The van der Waals surface area contributed by atoms with Crippen molar-refractivity contribution in [1.29, 1.82) is 0 Å². The molecule has 0 bridgehead atoms. The molecule has 1 saturated carbocycles. The normalized spacial score (nSPS) is 23.2. The minimum absolute atomic E-state index is 0.0198. The molecule has 1 aliphatic carbocycles. The Morgan fingerprint density at radius 2 is 2.00 bits per heavy atom. The fraction of sp³-hybridized carbons (Fsp3) is 0.571. The summed E-state index contributed by atoms with van der Waals surface area (Å²) in [5, 5.41) is 1.05. The van der Waals surface area contributed by atoms with Gasteiger partial charge >= 0.3 is 0 Å². The molecule has 1 aromatic carbocycles. The largest absolute Gasteiger partial charge is 0.326 e. The van der Waals surface area contributed by atoms with Crippen LogP contribution < -0.4 is 10.5 Å². The second kappa shape index (κ2) is 7.33. The van der Waals surface area contributed by atoms with E-state index in [1.165, 1.54) is 6.07 Å². The Morgan fingerprint density at radius 3 is 2.52 bits per heavy atom. The van der Waals surface area contributed by atoms with Crippen molar-refractivity contribution in [2.24, 2.45) is 5.73 Å². The fourth-order valence-electron chi connectivity index (χ4n) is 2.56. The lowest BCUT2D eigenvalue weighted by atomic mass is 9.96. The zero-order valence-corrected chi connectivity index (χ0v) is 14.4. The number of halogens is 1. The van der Waals surface area contributed by atoms with E-state index in [0.29, 0.717) is 16.8 Å². The van der Waals surface area contributed by atoms with Crippen molar-refractivity contribution in [3.05, 3.63) is 28.8 Å². The van der Waals surface area contributed by atoms with Gasteiger partial charge in [-0.2, -0.15) is 11.8 Å². The van der Waals surface area contributed by atoms with Gasteiger partial charge in [-0.25, -0.2) is 13.1 Å². The average molecular weight is 349 g/mol. The number of hydrogen-bond donors (Lipinski definition) is 2. The number of benzene rings is 1. The third kappa shape index (κ3) is 4.36. The molecule has 118 valence electrons. The lowest BCUT2D eigenvalue weighted by Gasteiger charge is -2.27. The van der Waals surface area contributed by atoms with E-state index < -0.39 is 10.0 Å². The van der Waals surface area contributed by atoms with Gasteiger partial charge < -0.3 is 5.73 Å². The average Bonchev–Trinajstić information content (AvgIpc) is 2.47. The van der Waals surface area contributed by atoms with Crippen LogP contribution in [0, 0.1) is 0 Å². The first-order valence-electron chi connectivity index (χ1n) is 7.00. The molecule has 0 saturated heterocycles. The van der Waals surface area contributed by atoms with Crippen LogP contribution in [0.15, 0.2) is 23.1 Å². The van der Waals surface area contributed by atoms with E-state index in [2.05, 4.69) is 11.0 Å². The fourth-order valence-corrected chi connectivity index (χ4v) is 4.96. The molecule has 0 spiro atoms. The predicted molar refractivity (Wildman–Crippen MR) is 89.2 cm³/mol. The molecule has 0 aromatic heterocycles. The smallest absolute Gasteiger partial charge is 0.240 e. The van der Waals surface area contributed by atoms with Crippen LogP contribution in [-0.2, 0) is 16.6 Å². The van der Waals surface area contributed by atoms with E-state index >= 15 is 0 Å². The lowest BCUT2D eigenvalue weighted by molar-refractivity contribution is 0.420. The Hall–Kier alpha value is -0.270. The Kier molecular flexibility index (Phi) is 5.96. The molecule has 3 N–H and O–H groups in total. The summed E-state index contributed by atoms with van der Waals surface area (Å²) < 4.78 is 27.6. The quantitative estimate of drug-likeness (QED) is 0.858. The number of nitrogens with one attached hydrogen (secondary N) is 1. The van der Waals surface area contributed by atoms with Crippen molar-refractivity contribution in [2.45, 2.75) is 48.4 Å². The topological polar surface area (TPSA) is 72.2 Å². The molecule has 2 rings (SSSR count). The first-order valence-corrected chi connectivity index (χ1v) is 10.1. The molecule has 21 heavy (non-hydrogen) atoms. The van der Waals surface area contributed by atoms with Gasteiger partial charge in [-0.3, -0.25) is 0 Å². The molecule has 1 aliphatic rings. The number of hydrogen-bond acceptors (Lipinski definition) is 4. The maximum atomic E-state index is 12.4. The monoisotopic (exact) mass is 348 g/mol. The van der Waals surface area contributed by atoms with Gasteiger partial charge in [-0.1, -0.05) is 17.7 Å². The second-order valence-electron chi connectivity index (χ2n) is 5.29. The SMILES string of the molecule is CSC1CCC(NS(=O)(=O)c2ccc(CN)c(Cl)c2)CC1. The Bertz CT molecular complexity index is 585. The molecular weight excluding hydrogens is 328 g/mol. The molecule has 0 radical (unpaired) electrons. The standard InChI is InChI=1S/C14H21ClN2O2S2/c1-20-12-5-3-11(4-6-12)17-21(18,19)13-7-2-10(9-16)14(15)8-13/h2,7-8,11-12,17H,3-6,9,16H2,1H3. The van der Waals surface area contributed by atoms with E-state index in [4.69, 9.17) is 17.3 Å². The summed E-state index contributed by atoms with van der Waals surface area (Å²) in [6.07, 6.45) is 6.00. The second-order valence-corrected chi connectivity index (χ2v) is 8.55. The van der Waals surface area contributed by atoms with Crippen LogP contribution in [0.3, 0.4) is 0 Å². The summed E-state index contributed by atoms with van der Waals surface area (Å²) in [5.41, 5.74) is 6.28. The molecule has 0 aliphatic heterocycles. The van der Waals surface area contributed by atoms with Crippen molar-refractivity contribution in [3.63, 3.8) is 0 Å². The Labute approximate surface area is 135 Å². The third-order valence-corrected chi connectivity index (χ3v) is 6.89. The highest BCUT2D eigenvalue weighted by molar-refractivity contribution is 7.99. The van der Waals surface area contributed by atoms with Gasteiger partial charge in [0.2, 0.25) is 10.0 Å². The van der Waals surface area contributed by atoms with Gasteiger partial charge in [0.05, 0.1) is 4.90 Å². The summed E-state index contributed by atoms with van der Waals surface area (Å²) >= 11 is 7.90. The van der Waals surface area contributed by atoms with Gasteiger partial charge in [0.25, 0.3) is 0 Å². The van der Waals surface area contributed by atoms with Gasteiger partial charge in [-0.15, -0.1) is 0 Å². The predicted octanol–water partition coefficient (Wildman–Crippen LogP) is 2.75. The molecule has 0 heterocycles. The number of sulfonamides is 1. The van der Waals surface area contributed by atoms with Gasteiger partial charge in [0, 0.05) is 22.9 Å². The highest BCUT2D eigenvalue weighted by atomic mass is 35.5. The Morgan fingerprint density at radius 1 is 1.33 bits per heavy atom. The minimum atomic E-state index is -3.51. The molecule has 4 nitrogen and oxygen atoms in total. The zero-order valence-electron chi connectivity index (χ0n) is 12.0. The molecule has 1 fully saturated rings. The van der Waals surface area contributed by atoms with Crippen molar-refractivity contribution in [3.8, 4) is 0 Å². The first kappa shape index (κ1) is 17.1. The van der Waals surface area contributed by atoms with E-state index in [1.807, 2.05) is 11.8 Å². The highest BCUT2D eigenvalue weighted by Crippen LogP contribution is 2.28. The summed E-state index contributed by atoms with van der Waals surface area (Å²) in [5.74, 6) is 0. The molecular formula is C14H21ClN2O2S2. The highest BCUT2D eigenvalue weighted by Gasteiger charge is 2.25. The van der Waals surface area contributed by atoms with Crippen molar-refractivity contribution < 1.29 is 8.42 Å². The molecule has 0 amide bonds. The summed E-state index contributed by atoms with van der Waals surface area (Å²) in [7, 11) is -3.51. The van der Waals surface area contributed by atoms with Gasteiger partial charge in [-0.05, 0) is 49.6 Å². The summed E-state index contributed by atoms with van der Waals surface area (Å²) in [4.78, 5) is 0.205. The van der Waals surface area contributed by atoms with E-state index in [1.54, 1.807) is 12.1 Å². The van der Waals surface area contributed by atoms with Crippen molar-refractivity contribution >= 4 is 33.4 Å². The van der Waals surface area contributed by atoms with Gasteiger partial charge in [0.1, 0.15) is 0 Å². The zero-order chi connectivity index (χ0) is 15.5. The number of nitrogens with two attached hydrogens (primary N) is 1. The molecule has 0 atom stereocenters. The van der Waals surface area contributed by atoms with E-state index in [9.17, 15) is 8.42 Å². The van der Waals surface area contributed by atoms with Crippen LogP contribution in [0.1, 0.15) is 31.2 Å². The van der Waals surface area contributed by atoms with Crippen LogP contribution in [0.4, 0.5) is 0 Å².